The molecule has 0 saturated carbocycles. The molecule has 0 amide bonds. The molecule has 0 aromatic heterocycles. The van der Waals surface area contributed by atoms with E-state index in [1.54, 1.807) is 19.1 Å². The van der Waals surface area contributed by atoms with Crippen LogP contribution in [0.3, 0.4) is 0 Å². The molecule has 0 saturated heterocycles. The van der Waals surface area contributed by atoms with Gasteiger partial charge in [0.2, 0.25) is 0 Å². The molecule has 0 aliphatic carbocycles. The number of anilines is 1. The number of rotatable bonds is 6. The number of aliphatic carboxylic acids is 1. The standard InChI is InChI=1S/C30H33NO3/c1-20(2)17-22-7-11-26(12-8-22)31-16-15-24-19-27(32)13-14-28(24)30(31,4)25-9-5-23(6-10-25)18-21(3)29(33)34/h5-14,18-20,32H,15-17H2,1-4H3,(H,33,34). The van der Waals surface area contributed by atoms with E-state index in [1.165, 1.54) is 16.8 Å². The Balaban J connectivity index is 1.79. The van der Waals surface area contributed by atoms with Crippen LogP contribution in [0.5, 0.6) is 5.75 Å². The Morgan fingerprint density at radius 1 is 1.06 bits per heavy atom. The Morgan fingerprint density at radius 2 is 1.74 bits per heavy atom. The van der Waals surface area contributed by atoms with Gasteiger partial charge in [0.1, 0.15) is 5.75 Å². The van der Waals surface area contributed by atoms with Crippen molar-refractivity contribution in [2.45, 2.75) is 46.1 Å². The normalized spacial score (nSPS) is 18.1. The van der Waals surface area contributed by atoms with Crippen LogP contribution in [0.1, 0.15) is 55.5 Å². The average molecular weight is 456 g/mol. The molecule has 0 spiro atoms. The van der Waals surface area contributed by atoms with Crippen LogP contribution in [0, 0.1) is 5.92 Å². The van der Waals surface area contributed by atoms with Crippen molar-refractivity contribution >= 4 is 17.7 Å². The molecule has 4 rings (SSSR count). The quantitative estimate of drug-likeness (QED) is 0.422. The molecule has 0 fully saturated rings. The lowest BCUT2D eigenvalue weighted by molar-refractivity contribution is -0.132. The Hall–Kier alpha value is -3.53. The third-order valence-corrected chi connectivity index (χ3v) is 6.84. The Labute approximate surface area is 202 Å². The molecule has 0 radical (unpaired) electrons. The molecule has 4 nitrogen and oxygen atoms in total. The first-order chi connectivity index (χ1) is 16.2. The number of phenolic OH excluding ortho intramolecular Hbond substituents is 1. The van der Waals surface area contributed by atoms with Gasteiger partial charge in [0.05, 0.1) is 5.54 Å². The molecular weight excluding hydrogens is 422 g/mol. The summed E-state index contributed by atoms with van der Waals surface area (Å²) in [5, 5.41) is 19.3. The Kier molecular flexibility index (Phi) is 6.52. The first-order valence-electron chi connectivity index (χ1n) is 11.9. The number of fused-ring (bicyclic) bond motifs is 1. The maximum Gasteiger partial charge on any atom is 0.331 e. The summed E-state index contributed by atoms with van der Waals surface area (Å²) in [4.78, 5) is 13.7. The fourth-order valence-corrected chi connectivity index (χ4v) is 5.06. The molecule has 1 aliphatic rings. The SMILES string of the molecule is CC(=Cc1ccc(C2(C)c3ccc(O)cc3CCN2c2ccc(CC(C)C)cc2)cc1)C(=O)O. The van der Waals surface area contributed by atoms with Crippen molar-refractivity contribution in [2.75, 3.05) is 11.4 Å². The van der Waals surface area contributed by atoms with E-state index in [4.69, 9.17) is 0 Å². The minimum atomic E-state index is -0.913. The Morgan fingerprint density at radius 3 is 2.35 bits per heavy atom. The molecule has 34 heavy (non-hydrogen) atoms. The molecule has 1 atom stereocenters. The van der Waals surface area contributed by atoms with Crippen LogP contribution in [0.2, 0.25) is 0 Å². The second-order valence-electron chi connectivity index (χ2n) is 9.83. The van der Waals surface area contributed by atoms with Crippen molar-refractivity contribution in [3.63, 3.8) is 0 Å². The van der Waals surface area contributed by atoms with Gasteiger partial charge in [0.15, 0.2) is 0 Å². The van der Waals surface area contributed by atoms with Crippen molar-refractivity contribution in [3.05, 3.63) is 100 Å². The summed E-state index contributed by atoms with van der Waals surface area (Å²) < 4.78 is 0. The zero-order valence-corrected chi connectivity index (χ0v) is 20.4. The van der Waals surface area contributed by atoms with Gasteiger partial charge in [-0.3, -0.25) is 0 Å². The van der Waals surface area contributed by atoms with E-state index in [0.717, 1.165) is 36.1 Å². The van der Waals surface area contributed by atoms with Gasteiger partial charge in [-0.2, -0.15) is 0 Å². The number of hydrogen-bond donors (Lipinski definition) is 2. The van der Waals surface area contributed by atoms with Gasteiger partial charge >= 0.3 is 5.97 Å². The van der Waals surface area contributed by atoms with E-state index >= 15 is 0 Å². The summed E-state index contributed by atoms with van der Waals surface area (Å²) in [5.74, 6) is -0.00986. The lowest BCUT2D eigenvalue weighted by Crippen LogP contribution is -2.49. The summed E-state index contributed by atoms with van der Waals surface area (Å²) in [5.41, 5.74) is 6.68. The molecule has 3 aromatic carbocycles. The molecular formula is C30H33NO3. The lowest BCUT2D eigenvalue weighted by atomic mass is 9.76. The Bertz CT molecular complexity index is 1210. The van der Waals surface area contributed by atoms with E-state index in [-0.39, 0.29) is 5.75 Å². The molecule has 4 heteroatoms. The van der Waals surface area contributed by atoms with E-state index < -0.39 is 11.5 Å². The van der Waals surface area contributed by atoms with Gasteiger partial charge in [-0.1, -0.05) is 56.3 Å². The summed E-state index contributed by atoms with van der Waals surface area (Å²) in [6, 6.07) is 22.7. The van der Waals surface area contributed by atoms with Crippen molar-refractivity contribution in [2.24, 2.45) is 5.92 Å². The van der Waals surface area contributed by atoms with Crippen LogP contribution in [-0.4, -0.2) is 22.7 Å². The van der Waals surface area contributed by atoms with E-state index in [1.807, 2.05) is 24.3 Å². The van der Waals surface area contributed by atoms with Gasteiger partial charge in [0.25, 0.3) is 0 Å². The molecule has 1 heterocycles. The van der Waals surface area contributed by atoms with Crippen LogP contribution in [0.4, 0.5) is 5.69 Å². The average Bonchev–Trinajstić information content (AvgIpc) is 2.80. The number of nitrogens with zero attached hydrogens (tertiary/aromatic N) is 1. The van der Waals surface area contributed by atoms with Crippen LogP contribution in [-0.2, 0) is 23.2 Å². The third kappa shape index (κ3) is 4.58. The molecule has 0 bridgehead atoms. The number of aromatic hydroxyl groups is 1. The van der Waals surface area contributed by atoms with Crippen LogP contribution < -0.4 is 4.90 Å². The van der Waals surface area contributed by atoms with Crippen molar-refractivity contribution in [1.82, 2.24) is 0 Å². The highest BCUT2D eigenvalue weighted by atomic mass is 16.4. The molecule has 1 unspecified atom stereocenters. The third-order valence-electron chi connectivity index (χ3n) is 6.84. The lowest BCUT2D eigenvalue weighted by Gasteiger charge is -2.48. The zero-order chi connectivity index (χ0) is 24.5. The highest BCUT2D eigenvalue weighted by molar-refractivity contribution is 5.91. The summed E-state index contributed by atoms with van der Waals surface area (Å²) in [6.45, 7) is 9.14. The highest BCUT2D eigenvalue weighted by Gasteiger charge is 2.40. The van der Waals surface area contributed by atoms with Gasteiger partial charge in [-0.05, 0) is 90.8 Å². The number of carboxylic acids is 1. The molecule has 1 aliphatic heterocycles. The summed E-state index contributed by atoms with van der Waals surface area (Å²) >= 11 is 0. The summed E-state index contributed by atoms with van der Waals surface area (Å²) in [6.07, 6.45) is 3.60. The molecule has 176 valence electrons. The monoisotopic (exact) mass is 455 g/mol. The molecule has 2 N–H and O–H groups in total. The van der Waals surface area contributed by atoms with E-state index in [2.05, 4.69) is 62.1 Å². The van der Waals surface area contributed by atoms with Crippen molar-refractivity contribution < 1.29 is 15.0 Å². The van der Waals surface area contributed by atoms with Crippen LogP contribution in [0.25, 0.3) is 6.08 Å². The second kappa shape index (κ2) is 9.38. The second-order valence-corrected chi connectivity index (χ2v) is 9.83. The minimum Gasteiger partial charge on any atom is -0.508 e. The predicted molar refractivity (Wildman–Crippen MR) is 138 cm³/mol. The smallest absolute Gasteiger partial charge is 0.331 e. The fraction of sp³-hybridized carbons (Fsp3) is 0.300. The number of phenols is 1. The molecule has 3 aromatic rings. The van der Waals surface area contributed by atoms with Crippen LogP contribution in [0.15, 0.2) is 72.3 Å². The fourth-order valence-electron chi connectivity index (χ4n) is 5.06. The predicted octanol–water partition coefficient (Wildman–Crippen LogP) is 6.40. The first kappa shape index (κ1) is 23.6. The van der Waals surface area contributed by atoms with Crippen LogP contribution >= 0.6 is 0 Å². The van der Waals surface area contributed by atoms with Crippen molar-refractivity contribution in [3.8, 4) is 5.75 Å². The number of carboxylic acid groups (broad SMARTS) is 1. The largest absolute Gasteiger partial charge is 0.508 e. The summed E-state index contributed by atoms with van der Waals surface area (Å²) in [7, 11) is 0. The van der Waals surface area contributed by atoms with Gasteiger partial charge in [-0.25, -0.2) is 4.79 Å². The van der Waals surface area contributed by atoms with Gasteiger partial charge in [0, 0.05) is 17.8 Å². The number of hydrogen-bond acceptors (Lipinski definition) is 3. The maximum absolute atomic E-state index is 11.2. The van der Waals surface area contributed by atoms with Crippen molar-refractivity contribution in [1.29, 1.82) is 0 Å². The number of benzene rings is 3. The number of carbonyl (C=O) groups is 1. The van der Waals surface area contributed by atoms with Gasteiger partial charge < -0.3 is 15.1 Å². The zero-order valence-electron chi connectivity index (χ0n) is 20.4. The van der Waals surface area contributed by atoms with E-state index in [0.29, 0.717) is 11.5 Å². The van der Waals surface area contributed by atoms with E-state index in [9.17, 15) is 15.0 Å². The minimum absolute atomic E-state index is 0.289. The first-order valence-corrected chi connectivity index (χ1v) is 11.9. The maximum atomic E-state index is 11.2. The van der Waals surface area contributed by atoms with Gasteiger partial charge in [-0.15, -0.1) is 0 Å². The highest BCUT2D eigenvalue weighted by Crippen LogP contribution is 2.44. The topological polar surface area (TPSA) is 60.8 Å².